The average Bonchev–Trinajstić information content (AvgIpc) is 3.00. The average molecular weight is 400 g/mol. The molecule has 0 radical (unpaired) electrons. The van der Waals surface area contributed by atoms with Gasteiger partial charge in [-0.2, -0.15) is 4.98 Å². The van der Waals surface area contributed by atoms with E-state index in [1.54, 1.807) is 6.07 Å². The Bertz CT molecular complexity index is 908. The lowest BCUT2D eigenvalue weighted by Gasteiger charge is -2.16. The van der Waals surface area contributed by atoms with Gasteiger partial charge in [-0.1, -0.05) is 0 Å². The van der Waals surface area contributed by atoms with Gasteiger partial charge in [-0.25, -0.2) is 4.98 Å². The fraction of sp³-hybridized carbons (Fsp3) is 0.421. The molecule has 2 aromatic rings. The van der Waals surface area contributed by atoms with Gasteiger partial charge in [-0.05, 0) is 37.5 Å². The highest BCUT2D eigenvalue weighted by Gasteiger charge is 2.25. The van der Waals surface area contributed by atoms with E-state index in [1.165, 1.54) is 6.20 Å². The number of aliphatic hydroxyl groups excluding tert-OH is 2. The van der Waals surface area contributed by atoms with Crippen LogP contribution in [0.5, 0.6) is 5.75 Å². The summed E-state index contributed by atoms with van der Waals surface area (Å²) in [5.41, 5.74) is 7.11. The van der Waals surface area contributed by atoms with E-state index in [9.17, 15) is 15.0 Å². The van der Waals surface area contributed by atoms with Gasteiger partial charge in [0.15, 0.2) is 0 Å². The molecule has 1 aromatic carbocycles. The van der Waals surface area contributed by atoms with Gasteiger partial charge in [-0.3, -0.25) is 4.79 Å². The molecule has 4 rings (SSSR count). The highest BCUT2D eigenvalue weighted by Crippen LogP contribution is 2.31. The smallest absolute Gasteiger partial charge is 0.254 e. The zero-order valence-corrected chi connectivity index (χ0v) is 15.8. The first-order chi connectivity index (χ1) is 14.0. The van der Waals surface area contributed by atoms with E-state index in [4.69, 9.17) is 10.5 Å². The quantitative estimate of drug-likeness (QED) is 0.428. The number of amides is 1. The van der Waals surface area contributed by atoms with Crippen molar-refractivity contribution in [1.29, 1.82) is 0 Å². The van der Waals surface area contributed by atoms with Crippen LogP contribution in [0.2, 0.25) is 0 Å². The number of benzene rings is 1. The molecule has 10 nitrogen and oxygen atoms in total. The summed E-state index contributed by atoms with van der Waals surface area (Å²) in [7, 11) is 0. The Balaban J connectivity index is 1.54. The second-order valence-corrected chi connectivity index (χ2v) is 7.31. The number of aromatic nitrogens is 2. The first kappa shape index (κ1) is 19.2. The van der Waals surface area contributed by atoms with Crippen molar-refractivity contribution in [3.05, 3.63) is 30.0 Å². The zero-order chi connectivity index (χ0) is 20.4. The maximum atomic E-state index is 11.7. The Hall–Kier alpha value is -3.11. The molecule has 10 heteroatoms. The van der Waals surface area contributed by atoms with Crippen molar-refractivity contribution in [3.8, 4) is 5.75 Å². The van der Waals surface area contributed by atoms with Gasteiger partial charge in [-0.15, -0.1) is 0 Å². The first-order valence-corrected chi connectivity index (χ1v) is 9.55. The number of nitrogens with one attached hydrogen (secondary N) is 3. The van der Waals surface area contributed by atoms with E-state index < -0.39 is 12.0 Å². The Labute approximate surface area is 167 Å². The molecular formula is C19H24N6O4. The van der Waals surface area contributed by atoms with Crippen LogP contribution in [0.4, 0.5) is 23.1 Å². The molecule has 3 atom stereocenters. The van der Waals surface area contributed by atoms with Crippen molar-refractivity contribution in [2.75, 3.05) is 29.1 Å². The zero-order valence-electron chi connectivity index (χ0n) is 15.8. The summed E-state index contributed by atoms with van der Waals surface area (Å²) < 4.78 is 5.56. The van der Waals surface area contributed by atoms with Gasteiger partial charge in [0.2, 0.25) is 5.95 Å². The number of ether oxygens (including phenoxy) is 1. The van der Waals surface area contributed by atoms with E-state index in [-0.39, 0.29) is 24.3 Å². The molecule has 29 heavy (non-hydrogen) atoms. The molecule has 1 aliphatic carbocycles. The predicted octanol–water partition coefficient (Wildman–Crippen LogP) is 0.810. The first-order valence-electron chi connectivity index (χ1n) is 9.55. The van der Waals surface area contributed by atoms with Crippen molar-refractivity contribution in [3.63, 3.8) is 0 Å². The number of rotatable bonds is 5. The lowest BCUT2D eigenvalue weighted by molar-refractivity contribution is 0.100. The van der Waals surface area contributed by atoms with Gasteiger partial charge in [0, 0.05) is 24.5 Å². The molecule has 2 aliphatic rings. The molecule has 0 bridgehead atoms. The molecule has 2 unspecified atom stereocenters. The summed E-state index contributed by atoms with van der Waals surface area (Å²) in [4.78, 5) is 20.3. The number of primary amides is 1. The van der Waals surface area contributed by atoms with Crippen LogP contribution in [0.25, 0.3) is 0 Å². The maximum absolute atomic E-state index is 11.7. The molecule has 1 aromatic heterocycles. The summed E-state index contributed by atoms with van der Waals surface area (Å²) >= 11 is 0. The van der Waals surface area contributed by atoms with Crippen LogP contribution in [0.1, 0.15) is 29.6 Å². The second kappa shape index (κ2) is 8.10. The largest absolute Gasteiger partial charge is 0.489 e. The van der Waals surface area contributed by atoms with E-state index in [0.717, 1.165) is 12.1 Å². The van der Waals surface area contributed by atoms with Crippen LogP contribution in [0, 0.1) is 0 Å². The summed E-state index contributed by atoms with van der Waals surface area (Å²) in [5.74, 6) is 0.667. The van der Waals surface area contributed by atoms with E-state index in [2.05, 4.69) is 25.9 Å². The minimum absolute atomic E-state index is 0.0196. The number of aliphatic hydroxyl groups is 2. The third kappa shape index (κ3) is 4.49. The number of carbonyl (C=O) groups excluding carboxylic acids is 1. The number of β-amino-alcohol motifs (C(OH)–C–C–N with tert-alkyl or cyclic N) is 1. The third-order valence-electron chi connectivity index (χ3n) is 5.00. The molecule has 0 saturated heterocycles. The van der Waals surface area contributed by atoms with Crippen molar-refractivity contribution >= 4 is 29.0 Å². The van der Waals surface area contributed by atoms with Gasteiger partial charge in [0.25, 0.3) is 5.91 Å². The highest BCUT2D eigenvalue weighted by molar-refractivity contribution is 5.97. The third-order valence-corrected chi connectivity index (χ3v) is 5.00. The monoisotopic (exact) mass is 400 g/mol. The molecule has 1 saturated carbocycles. The van der Waals surface area contributed by atoms with Crippen LogP contribution >= 0.6 is 0 Å². The normalized spacial score (nSPS) is 23.3. The Morgan fingerprint density at radius 2 is 2.14 bits per heavy atom. The molecule has 1 aliphatic heterocycles. The molecule has 1 amide bonds. The second-order valence-electron chi connectivity index (χ2n) is 7.31. The summed E-state index contributed by atoms with van der Waals surface area (Å²) in [6.07, 6.45) is 2.54. The topological polar surface area (TPSA) is 155 Å². The number of anilines is 4. The number of nitrogens with zero attached hydrogens (tertiary/aromatic N) is 2. The maximum Gasteiger partial charge on any atom is 0.254 e. The molecule has 2 heterocycles. The summed E-state index contributed by atoms with van der Waals surface area (Å²) in [6, 6.07) is 5.45. The van der Waals surface area contributed by atoms with Crippen molar-refractivity contribution in [2.24, 2.45) is 5.73 Å². The van der Waals surface area contributed by atoms with Crippen LogP contribution in [-0.2, 0) is 0 Å². The number of hydrogen-bond acceptors (Lipinski definition) is 9. The Morgan fingerprint density at radius 1 is 1.28 bits per heavy atom. The molecule has 0 spiro atoms. The Kier molecular flexibility index (Phi) is 5.36. The van der Waals surface area contributed by atoms with Crippen LogP contribution < -0.4 is 26.4 Å². The summed E-state index contributed by atoms with van der Waals surface area (Å²) in [5, 5.41) is 28.9. The number of nitrogens with two attached hydrogens (primary N) is 1. The fourth-order valence-corrected chi connectivity index (χ4v) is 3.49. The van der Waals surface area contributed by atoms with Crippen LogP contribution in [0.15, 0.2) is 24.4 Å². The minimum Gasteiger partial charge on any atom is -0.489 e. The van der Waals surface area contributed by atoms with E-state index >= 15 is 0 Å². The van der Waals surface area contributed by atoms with Crippen molar-refractivity contribution in [2.45, 2.75) is 37.5 Å². The van der Waals surface area contributed by atoms with Gasteiger partial charge < -0.3 is 36.6 Å². The number of carbonyl (C=O) groups is 1. The standard InChI is InChI=1S/C19H24N6O4/c20-17(28)14-8-22-19(25-18(14)23-10-1-3-12(26)5-10)24-11-2-4-16-15(6-11)21-7-13(27)9-29-16/h2,4,6,8,10,12-13,21,26-27H,1,3,5,7,9H2,(H2,20,28)(H2,22,23,24,25)/t10?,12?,13-/m0/s1. The van der Waals surface area contributed by atoms with Gasteiger partial charge in [0.05, 0.1) is 17.4 Å². The van der Waals surface area contributed by atoms with Gasteiger partial charge >= 0.3 is 0 Å². The SMILES string of the molecule is NC(=O)c1cnc(Nc2ccc3c(c2)NC[C@H](O)CO3)nc1NC1CCC(O)C1. The Morgan fingerprint density at radius 3 is 2.90 bits per heavy atom. The van der Waals surface area contributed by atoms with Crippen LogP contribution in [0.3, 0.4) is 0 Å². The minimum atomic E-state index is -0.623. The van der Waals surface area contributed by atoms with Crippen LogP contribution in [-0.4, -0.2) is 57.5 Å². The van der Waals surface area contributed by atoms with Crippen molar-refractivity contribution in [1.82, 2.24) is 9.97 Å². The summed E-state index contributed by atoms with van der Waals surface area (Å²) in [6.45, 7) is 0.622. The lowest BCUT2D eigenvalue weighted by atomic mass is 10.2. The molecule has 1 fully saturated rings. The fourth-order valence-electron chi connectivity index (χ4n) is 3.49. The van der Waals surface area contributed by atoms with E-state index in [1.807, 2.05) is 12.1 Å². The molecular weight excluding hydrogens is 376 g/mol. The highest BCUT2D eigenvalue weighted by atomic mass is 16.5. The molecule has 154 valence electrons. The van der Waals surface area contributed by atoms with Gasteiger partial charge in [0.1, 0.15) is 24.3 Å². The predicted molar refractivity (Wildman–Crippen MR) is 108 cm³/mol. The van der Waals surface area contributed by atoms with Crippen molar-refractivity contribution < 1.29 is 19.7 Å². The lowest BCUT2D eigenvalue weighted by Crippen LogP contribution is -2.23. The number of fused-ring (bicyclic) bond motifs is 1. The number of hydrogen-bond donors (Lipinski definition) is 6. The molecule has 7 N–H and O–H groups in total. The van der Waals surface area contributed by atoms with E-state index in [0.29, 0.717) is 42.6 Å².